The molecule has 0 aromatic heterocycles. The number of nitrogens with zero attached hydrogens (tertiary/aromatic N) is 2. The minimum absolute atomic E-state index is 0.144. The molecule has 1 aliphatic heterocycles. The largest absolute Gasteiger partial charge is 0.371 e. The fourth-order valence-corrected chi connectivity index (χ4v) is 5.23. The van der Waals surface area contributed by atoms with E-state index >= 15 is 0 Å². The van der Waals surface area contributed by atoms with Crippen molar-refractivity contribution in [2.24, 2.45) is 5.41 Å². The van der Waals surface area contributed by atoms with Crippen molar-refractivity contribution in [3.05, 3.63) is 71.9 Å². The van der Waals surface area contributed by atoms with Crippen molar-refractivity contribution >= 4 is 5.91 Å². The first-order chi connectivity index (χ1) is 15.0. The maximum Gasteiger partial charge on any atom is 0.253 e. The Hall–Kier alpha value is -2.55. The molecule has 0 atom stereocenters. The van der Waals surface area contributed by atoms with Crippen LogP contribution >= 0.6 is 0 Å². The van der Waals surface area contributed by atoms with Gasteiger partial charge in [-0.3, -0.25) is 4.79 Å². The van der Waals surface area contributed by atoms with Crippen molar-refractivity contribution in [2.45, 2.75) is 51.4 Å². The molecule has 0 unspecified atom stereocenters. The van der Waals surface area contributed by atoms with Crippen molar-refractivity contribution < 1.29 is 4.79 Å². The van der Waals surface area contributed by atoms with Gasteiger partial charge in [0.2, 0.25) is 0 Å². The van der Waals surface area contributed by atoms with Crippen molar-refractivity contribution in [3.63, 3.8) is 0 Å². The highest BCUT2D eigenvalue weighted by molar-refractivity contribution is 5.94. The number of carbonyl (C=O) groups excluding carboxylic acids is 1. The van der Waals surface area contributed by atoms with E-state index < -0.39 is 0 Å². The number of hydrogen-bond donors (Lipinski definition) is 0. The SMILES string of the molecule is C=C(N1CCN(C(=O)c2ccc(-c3ccc(C4CCCC4)cc3)cc2)CC1)C1(C)CC1. The van der Waals surface area contributed by atoms with E-state index in [9.17, 15) is 4.79 Å². The first kappa shape index (κ1) is 20.4. The molecule has 5 rings (SSSR count). The minimum Gasteiger partial charge on any atom is -0.371 e. The highest BCUT2D eigenvalue weighted by Crippen LogP contribution is 2.51. The molecule has 31 heavy (non-hydrogen) atoms. The van der Waals surface area contributed by atoms with Crippen molar-refractivity contribution in [3.8, 4) is 11.1 Å². The van der Waals surface area contributed by atoms with Gasteiger partial charge >= 0.3 is 0 Å². The Morgan fingerprint density at radius 2 is 1.35 bits per heavy atom. The van der Waals surface area contributed by atoms with Crippen LogP contribution in [0.2, 0.25) is 0 Å². The molecule has 3 aliphatic rings. The molecular formula is C28H34N2O. The molecule has 2 saturated carbocycles. The van der Waals surface area contributed by atoms with E-state index in [1.807, 2.05) is 17.0 Å². The van der Waals surface area contributed by atoms with Gasteiger partial charge in [-0.15, -0.1) is 0 Å². The van der Waals surface area contributed by atoms with Gasteiger partial charge in [0.25, 0.3) is 5.91 Å². The second-order valence-corrected chi connectivity index (χ2v) is 9.97. The smallest absolute Gasteiger partial charge is 0.253 e. The molecule has 1 saturated heterocycles. The summed E-state index contributed by atoms with van der Waals surface area (Å²) < 4.78 is 0. The minimum atomic E-state index is 0.144. The highest BCUT2D eigenvalue weighted by Gasteiger charge is 2.42. The maximum absolute atomic E-state index is 13.0. The van der Waals surface area contributed by atoms with Crippen LogP contribution in [-0.4, -0.2) is 41.9 Å². The third-order valence-corrected chi connectivity index (χ3v) is 7.85. The monoisotopic (exact) mass is 414 g/mol. The molecule has 2 aromatic rings. The zero-order valence-electron chi connectivity index (χ0n) is 18.8. The van der Waals surface area contributed by atoms with E-state index in [-0.39, 0.29) is 5.91 Å². The van der Waals surface area contributed by atoms with Crippen molar-refractivity contribution in [1.29, 1.82) is 0 Å². The lowest BCUT2D eigenvalue weighted by atomic mass is 9.95. The number of rotatable bonds is 5. The molecule has 3 heteroatoms. The van der Waals surface area contributed by atoms with E-state index in [4.69, 9.17) is 0 Å². The predicted molar refractivity (Wildman–Crippen MR) is 127 cm³/mol. The maximum atomic E-state index is 13.0. The number of benzene rings is 2. The van der Waals surface area contributed by atoms with Crippen LogP contribution in [0.5, 0.6) is 0 Å². The highest BCUT2D eigenvalue weighted by atomic mass is 16.2. The normalized spacial score (nSPS) is 20.7. The van der Waals surface area contributed by atoms with Gasteiger partial charge in [0.1, 0.15) is 0 Å². The van der Waals surface area contributed by atoms with Crippen LogP contribution in [-0.2, 0) is 0 Å². The third-order valence-electron chi connectivity index (χ3n) is 7.85. The van der Waals surface area contributed by atoms with Crippen LogP contribution < -0.4 is 0 Å². The standard InChI is InChI=1S/C28H34N2O/c1-21(28(2)15-16-28)29-17-19-30(20-18-29)27(31)26-13-11-25(12-14-26)24-9-7-23(8-10-24)22-5-3-4-6-22/h7-14,22H,1,3-6,15-20H2,2H3. The summed E-state index contributed by atoms with van der Waals surface area (Å²) in [6.45, 7) is 9.97. The van der Waals surface area contributed by atoms with E-state index in [2.05, 4.69) is 54.8 Å². The van der Waals surface area contributed by atoms with Crippen LogP contribution in [0.15, 0.2) is 60.8 Å². The molecule has 2 aliphatic carbocycles. The molecule has 2 aromatic carbocycles. The lowest BCUT2D eigenvalue weighted by molar-refractivity contribution is 0.0659. The first-order valence-corrected chi connectivity index (χ1v) is 12.0. The predicted octanol–water partition coefficient (Wildman–Crippen LogP) is 6.08. The zero-order valence-corrected chi connectivity index (χ0v) is 18.8. The van der Waals surface area contributed by atoms with Crippen molar-refractivity contribution in [2.75, 3.05) is 26.2 Å². The summed E-state index contributed by atoms with van der Waals surface area (Å²) in [6, 6.07) is 17.2. The Bertz CT molecular complexity index is 942. The molecule has 0 bridgehead atoms. The third kappa shape index (κ3) is 4.15. The average molecular weight is 415 g/mol. The zero-order chi connectivity index (χ0) is 21.4. The fourth-order valence-electron chi connectivity index (χ4n) is 5.23. The lowest BCUT2D eigenvalue weighted by Crippen LogP contribution is -2.48. The molecule has 0 spiro atoms. The van der Waals surface area contributed by atoms with Gasteiger partial charge in [-0.25, -0.2) is 0 Å². The molecular weight excluding hydrogens is 380 g/mol. The molecule has 1 heterocycles. The van der Waals surface area contributed by atoms with Gasteiger partial charge in [-0.05, 0) is 60.4 Å². The van der Waals surface area contributed by atoms with Gasteiger partial charge in [0, 0.05) is 42.9 Å². The van der Waals surface area contributed by atoms with Crippen LogP contribution in [0.3, 0.4) is 0 Å². The van der Waals surface area contributed by atoms with Crippen LogP contribution in [0.25, 0.3) is 11.1 Å². The van der Waals surface area contributed by atoms with Gasteiger partial charge in [0.05, 0.1) is 0 Å². The van der Waals surface area contributed by atoms with Crippen LogP contribution in [0, 0.1) is 5.41 Å². The summed E-state index contributed by atoms with van der Waals surface area (Å²) in [6.07, 6.45) is 7.90. The Balaban J connectivity index is 1.20. The summed E-state index contributed by atoms with van der Waals surface area (Å²) in [5, 5.41) is 0. The number of amides is 1. The Kier molecular flexibility index (Phi) is 5.37. The average Bonchev–Trinajstić information content (AvgIpc) is 3.34. The number of piperazine rings is 1. The molecule has 3 fully saturated rings. The lowest BCUT2D eigenvalue weighted by Gasteiger charge is -2.39. The van der Waals surface area contributed by atoms with E-state index in [0.29, 0.717) is 5.41 Å². The topological polar surface area (TPSA) is 23.6 Å². The van der Waals surface area contributed by atoms with Crippen LogP contribution in [0.4, 0.5) is 0 Å². The summed E-state index contributed by atoms with van der Waals surface area (Å²) in [4.78, 5) is 17.4. The van der Waals surface area contributed by atoms with Gasteiger partial charge in [-0.1, -0.05) is 62.7 Å². The number of allylic oxidation sites excluding steroid dienone is 1. The Morgan fingerprint density at radius 3 is 1.90 bits per heavy atom. The summed E-state index contributed by atoms with van der Waals surface area (Å²) in [5.41, 5.74) is 6.24. The number of carbonyl (C=O) groups is 1. The second kappa shape index (κ2) is 8.18. The van der Waals surface area contributed by atoms with E-state index in [0.717, 1.165) is 37.7 Å². The Morgan fingerprint density at radius 1 is 0.839 bits per heavy atom. The molecule has 162 valence electrons. The Labute approximate surface area is 186 Å². The molecule has 0 radical (unpaired) electrons. The fraction of sp³-hybridized carbons (Fsp3) is 0.464. The van der Waals surface area contributed by atoms with Crippen LogP contribution in [0.1, 0.15) is 67.3 Å². The summed E-state index contributed by atoms with van der Waals surface area (Å²) >= 11 is 0. The molecule has 0 N–H and O–H groups in total. The first-order valence-electron chi connectivity index (χ1n) is 12.0. The van der Waals surface area contributed by atoms with Gasteiger partial charge in [-0.2, -0.15) is 0 Å². The van der Waals surface area contributed by atoms with Crippen molar-refractivity contribution in [1.82, 2.24) is 9.80 Å². The van der Waals surface area contributed by atoms with E-state index in [1.54, 1.807) is 0 Å². The second-order valence-electron chi connectivity index (χ2n) is 9.97. The van der Waals surface area contributed by atoms with E-state index in [1.165, 1.54) is 60.9 Å². The molecule has 3 nitrogen and oxygen atoms in total. The molecule has 1 amide bonds. The van der Waals surface area contributed by atoms with Gasteiger partial charge < -0.3 is 9.80 Å². The summed E-state index contributed by atoms with van der Waals surface area (Å²) in [5.74, 6) is 0.893. The quantitative estimate of drug-likeness (QED) is 0.592. The summed E-state index contributed by atoms with van der Waals surface area (Å²) in [7, 11) is 0. The number of hydrogen-bond acceptors (Lipinski definition) is 2. The van der Waals surface area contributed by atoms with Gasteiger partial charge in [0.15, 0.2) is 0 Å².